The van der Waals surface area contributed by atoms with E-state index in [0.29, 0.717) is 31.4 Å². The molecule has 1 aliphatic heterocycles. The van der Waals surface area contributed by atoms with Crippen molar-refractivity contribution in [3.63, 3.8) is 0 Å². The molecule has 0 spiro atoms. The summed E-state index contributed by atoms with van der Waals surface area (Å²) in [6.07, 6.45) is 2.20. The van der Waals surface area contributed by atoms with E-state index in [1.54, 1.807) is 4.31 Å². The van der Waals surface area contributed by atoms with Crippen LogP contribution in [0, 0.1) is 5.92 Å². The fourth-order valence-electron chi connectivity index (χ4n) is 1.73. The number of nitrogens with zero attached hydrogens (tertiary/aromatic N) is 1. The van der Waals surface area contributed by atoms with Gasteiger partial charge in [-0.25, -0.2) is 8.42 Å². The SMILES string of the molecule is CC1CN(S(=O)(=O)CC2CC2)CCO1. The van der Waals surface area contributed by atoms with Gasteiger partial charge in [0.05, 0.1) is 18.5 Å². The first-order chi connectivity index (χ1) is 6.58. The maximum Gasteiger partial charge on any atom is 0.214 e. The molecule has 1 saturated carbocycles. The van der Waals surface area contributed by atoms with Crippen LogP contribution in [0.3, 0.4) is 0 Å². The van der Waals surface area contributed by atoms with Gasteiger partial charge in [0, 0.05) is 13.1 Å². The molecule has 0 amide bonds. The molecule has 14 heavy (non-hydrogen) atoms. The summed E-state index contributed by atoms with van der Waals surface area (Å²) in [5.41, 5.74) is 0. The molecule has 4 nitrogen and oxygen atoms in total. The summed E-state index contributed by atoms with van der Waals surface area (Å²) in [4.78, 5) is 0. The molecule has 0 radical (unpaired) electrons. The van der Waals surface area contributed by atoms with E-state index in [-0.39, 0.29) is 6.10 Å². The minimum atomic E-state index is -3.00. The highest BCUT2D eigenvalue weighted by Gasteiger charge is 2.33. The largest absolute Gasteiger partial charge is 0.376 e. The van der Waals surface area contributed by atoms with E-state index in [4.69, 9.17) is 4.74 Å². The maximum absolute atomic E-state index is 11.9. The fourth-order valence-corrected chi connectivity index (χ4v) is 3.66. The van der Waals surface area contributed by atoms with Crippen molar-refractivity contribution in [3.05, 3.63) is 0 Å². The molecule has 0 N–H and O–H groups in total. The number of rotatable bonds is 3. The van der Waals surface area contributed by atoms with Crippen molar-refractivity contribution < 1.29 is 13.2 Å². The second-order valence-corrected chi connectivity index (χ2v) is 6.27. The molecule has 1 atom stereocenters. The Morgan fingerprint density at radius 1 is 1.43 bits per heavy atom. The summed E-state index contributed by atoms with van der Waals surface area (Å²) in [6.45, 7) is 3.50. The molecular formula is C9H17NO3S. The molecule has 2 fully saturated rings. The lowest BCUT2D eigenvalue weighted by molar-refractivity contribution is 0.0101. The first-order valence-electron chi connectivity index (χ1n) is 5.17. The third kappa shape index (κ3) is 2.46. The molecule has 82 valence electrons. The van der Waals surface area contributed by atoms with Gasteiger partial charge in [-0.3, -0.25) is 0 Å². The summed E-state index contributed by atoms with van der Waals surface area (Å²) in [7, 11) is -3.00. The lowest BCUT2D eigenvalue weighted by atomic mass is 10.3. The summed E-state index contributed by atoms with van der Waals surface area (Å²) < 4.78 is 30.6. The molecule has 1 saturated heterocycles. The van der Waals surface area contributed by atoms with Crippen molar-refractivity contribution in [1.29, 1.82) is 0 Å². The number of ether oxygens (including phenoxy) is 1. The van der Waals surface area contributed by atoms with Crippen molar-refractivity contribution in [1.82, 2.24) is 4.31 Å². The van der Waals surface area contributed by atoms with Crippen LogP contribution in [-0.4, -0.2) is 44.3 Å². The molecule has 0 aromatic carbocycles. The molecule has 2 aliphatic rings. The Labute approximate surface area is 85.3 Å². The predicted octanol–water partition coefficient (Wildman–Crippen LogP) is 0.447. The lowest BCUT2D eigenvalue weighted by Crippen LogP contribution is -2.45. The average Bonchev–Trinajstić information content (AvgIpc) is 2.87. The van der Waals surface area contributed by atoms with Crippen LogP contribution in [0.25, 0.3) is 0 Å². The zero-order valence-corrected chi connectivity index (χ0v) is 9.29. The molecule has 1 aliphatic carbocycles. The topological polar surface area (TPSA) is 46.6 Å². The Hall–Kier alpha value is -0.130. The summed E-state index contributed by atoms with van der Waals surface area (Å²) in [5.74, 6) is 0.776. The molecular weight excluding hydrogens is 202 g/mol. The second kappa shape index (κ2) is 3.79. The first kappa shape index (κ1) is 10.4. The van der Waals surface area contributed by atoms with Crippen LogP contribution in [-0.2, 0) is 14.8 Å². The Kier molecular flexibility index (Phi) is 2.81. The van der Waals surface area contributed by atoms with Crippen LogP contribution in [0.1, 0.15) is 19.8 Å². The van der Waals surface area contributed by atoms with Gasteiger partial charge in [0.2, 0.25) is 10.0 Å². The van der Waals surface area contributed by atoms with Gasteiger partial charge in [0.1, 0.15) is 0 Å². The number of morpholine rings is 1. The Balaban J connectivity index is 1.97. The van der Waals surface area contributed by atoms with Crippen molar-refractivity contribution in [2.24, 2.45) is 5.92 Å². The van der Waals surface area contributed by atoms with Gasteiger partial charge in [-0.05, 0) is 25.7 Å². The van der Waals surface area contributed by atoms with Gasteiger partial charge in [-0.1, -0.05) is 0 Å². The van der Waals surface area contributed by atoms with Gasteiger partial charge in [0.25, 0.3) is 0 Å². The monoisotopic (exact) mass is 219 g/mol. The first-order valence-corrected chi connectivity index (χ1v) is 6.78. The van der Waals surface area contributed by atoms with E-state index in [0.717, 1.165) is 12.8 Å². The zero-order valence-electron chi connectivity index (χ0n) is 8.48. The van der Waals surface area contributed by atoms with E-state index in [9.17, 15) is 8.42 Å². The van der Waals surface area contributed by atoms with E-state index >= 15 is 0 Å². The Morgan fingerprint density at radius 2 is 2.14 bits per heavy atom. The maximum atomic E-state index is 11.9. The highest BCUT2D eigenvalue weighted by molar-refractivity contribution is 7.89. The van der Waals surface area contributed by atoms with Crippen LogP contribution in [0.5, 0.6) is 0 Å². The highest BCUT2D eigenvalue weighted by atomic mass is 32.2. The van der Waals surface area contributed by atoms with Gasteiger partial charge < -0.3 is 4.74 Å². The normalized spacial score (nSPS) is 30.5. The van der Waals surface area contributed by atoms with Gasteiger partial charge >= 0.3 is 0 Å². The van der Waals surface area contributed by atoms with Crippen LogP contribution < -0.4 is 0 Å². The molecule has 2 rings (SSSR count). The van der Waals surface area contributed by atoms with Gasteiger partial charge in [-0.15, -0.1) is 0 Å². The lowest BCUT2D eigenvalue weighted by Gasteiger charge is -2.30. The molecule has 0 aromatic rings. The molecule has 0 aromatic heterocycles. The van der Waals surface area contributed by atoms with Crippen molar-refractivity contribution in [3.8, 4) is 0 Å². The molecule has 1 unspecified atom stereocenters. The third-order valence-corrected chi connectivity index (χ3v) is 4.75. The molecule has 5 heteroatoms. The second-order valence-electron chi connectivity index (χ2n) is 4.26. The summed E-state index contributed by atoms with van der Waals surface area (Å²) in [6, 6.07) is 0. The van der Waals surface area contributed by atoms with Crippen LogP contribution in [0.15, 0.2) is 0 Å². The van der Waals surface area contributed by atoms with E-state index in [2.05, 4.69) is 0 Å². The van der Waals surface area contributed by atoms with Crippen molar-refractivity contribution in [2.75, 3.05) is 25.4 Å². The van der Waals surface area contributed by atoms with Crippen LogP contribution >= 0.6 is 0 Å². The molecule has 1 heterocycles. The van der Waals surface area contributed by atoms with E-state index < -0.39 is 10.0 Å². The van der Waals surface area contributed by atoms with Crippen molar-refractivity contribution in [2.45, 2.75) is 25.9 Å². The minimum absolute atomic E-state index is 0.0396. The fraction of sp³-hybridized carbons (Fsp3) is 1.00. The van der Waals surface area contributed by atoms with Crippen molar-refractivity contribution >= 4 is 10.0 Å². The van der Waals surface area contributed by atoms with Crippen LogP contribution in [0.2, 0.25) is 0 Å². The molecule has 0 bridgehead atoms. The third-order valence-electron chi connectivity index (χ3n) is 2.74. The zero-order chi connectivity index (χ0) is 10.2. The van der Waals surface area contributed by atoms with Crippen LogP contribution in [0.4, 0.5) is 0 Å². The smallest absolute Gasteiger partial charge is 0.214 e. The predicted molar refractivity (Wildman–Crippen MR) is 53.5 cm³/mol. The number of hydrogen-bond donors (Lipinski definition) is 0. The quantitative estimate of drug-likeness (QED) is 0.692. The number of hydrogen-bond acceptors (Lipinski definition) is 3. The van der Waals surface area contributed by atoms with E-state index in [1.165, 1.54) is 0 Å². The highest BCUT2D eigenvalue weighted by Crippen LogP contribution is 2.31. The Morgan fingerprint density at radius 3 is 2.71 bits per heavy atom. The average molecular weight is 219 g/mol. The van der Waals surface area contributed by atoms with Gasteiger partial charge in [-0.2, -0.15) is 4.31 Å². The summed E-state index contributed by atoms with van der Waals surface area (Å²) in [5, 5.41) is 0. The van der Waals surface area contributed by atoms with Gasteiger partial charge in [0.15, 0.2) is 0 Å². The standard InChI is InChI=1S/C9H17NO3S/c1-8-6-10(4-5-13-8)14(11,12)7-9-2-3-9/h8-9H,2-7H2,1H3. The van der Waals surface area contributed by atoms with E-state index in [1.807, 2.05) is 6.92 Å². The minimum Gasteiger partial charge on any atom is -0.376 e. The number of sulfonamides is 1. The summed E-state index contributed by atoms with van der Waals surface area (Å²) >= 11 is 0. The Bertz CT molecular complexity index is 297.